The number of rotatable bonds is 5. The molecule has 1 fully saturated rings. The van der Waals surface area contributed by atoms with Crippen LogP contribution in [0.15, 0.2) is 29.4 Å². The Labute approximate surface area is 159 Å². The Morgan fingerprint density at radius 1 is 1.33 bits per heavy atom. The zero-order chi connectivity index (χ0) is 16.1. The van der Waals surface area contributed by atoms with Crippen LogP contribution in [0.25, 0.3) is 5.65 Å². The predicted octanol–water partition coefficient (Wildman–Crippen LogP) is 1.35. The summed E-state index contributed by atoms with van der Waals surface area (Å²) in [4.78, 5) is 7.02. The Bertz CT molecular complexity index is 669. The minimum absolute atomic E-state index is 0. The maximum Gasteiger partial charge on any atom is 0.191 e. The first kappa shape index (κ1) is 18.9. The molecule has 0 aliphatic carbocycles. The van der Waals surface area contributed by atoms with E-state index in [9.17, 15) is 0 Å². The lowest BCUT2D eigenvalue weighted by atomic mass is 10.1. The van der Waals surface area contributed by atoms with Crippen LogP contribution in [0.4, 0.5) is 0 Å². The van der Waals surface area contributed by atoms with Crippen molar-refractivity contribution < 1.29 is 0 Å². The molecule has 0 saturated carbocycles. The molecule has 0 spiro atoms. The monoisotopic (exact) mass is 443 g/mol. The highest BCUT2D eigenvalue weighted by molar-refractivity contribution is 14.0. The quantitative estimate of drug-likeness (QED) is 0.415. The molecule has 1 aliphatic rings. The van der Waals surface area contributed by atoms with Crippen LogP contribution in [0.3, 0.4) is 0 Å². The topological polar surface area (TPSA) is 69.8 Å². The maximum atomic E-state index is 4.64. The standard InChI is InChI=1S/C16H25N7.HI/c1-3-17-16(18-10-13-7-9-22(2)12-13)19-11-15-21-20-14-6-4-5-8-23(14)15;/h4-6,8,13H,3,7,9-12H2,1-2H3,(H2,17,18,19);1H. The number of nitrogens with one attached hydrogen (secondary N) is 2. The zero-order valence-corrected chi connectivity index (χ0v) is 16.6. The fraction of sp³-hybridized carbons (Fsp3) is 0.562. The van der Waals surface area contributed by atoms with Crippen LogP contribution in [0.5, 0.6) is 0 Å². The second-order valence-electron chi connectivity index (χ2n) is 6.04. The van der Waals surface area contributed by atoms with Crippen molar-refractivity contribution in [1.82, 2.24) is 30.1 Å². The summed E-state index contributed by atoms with van der Waals surface area (Å²) in [6.45, 7) is 6.72. The number of aromatic nitrogens is 3. The number of nitrogens with zero attached hydrogens (tertiary/aromatic N) is 5. The van der Waals surface area contributed by atoms with E-state index in [-0.39, 0.29) is 24.0 Å². The van der Waals surface area contributed by atoms with Crippen LogP contribution in [-0.2, 0) is 6.54 Å². The number of halogens is 1. The van der Waals surface area contributed by atoms with Crippen molar-refractivity contribution in [2.45, 2.75) is 19.9 Å². The molecule has 3 rings (SSSR count). The van der Waals surface area contributed by atoms with Gasteiger partial charge in [0.05, 0.1) is 0 Å². The highest BCUT2D eigenvalue weighted by Gasteiger charge is 2.19. The molecule has 1 atom stereocenters. The van der Waals surface area contributed by atoms with Crippen molar-refractivity contribution in [2.24, 2.45) is 10.9 Å². The van der Waals surface area contributed by atoms with E-state index in [0.29, 0.717) is 12.5 Å². The third-order valence-corrected chi connectivity index (χ3v) is 4.15. The van der Waals surface area contributed by atoms with Gasteiger partial charge < -0.3 is 15.5 Å². The second kappa shape index (κ2) is 9.16. The molecule has 3 heterocycles. The summed E-state index contributed by atoms with van der Waals surface area (Å²) in [5.41, 5.74) is 0.852. The molecule has 1 unspecified atom stereocenters. The molecule has 8 heteroatoms. The summed E-state index contributed by atoms with van der Waals surface area (Å²) >= 11 is 0. The molecule has 132 valence electrons. The van der Waals surface area contributed by atoms with E-state index in [0.717, 1.165) is 37.1 Å². The molecule has 1 aliphatic heterocycles. The molecule has 1 saturated heterocycles. The van der Waals surface area contributed by atoms with E-state index in [1.165, 1.54) is 13.0 Å². The first-order valence-electron chi connectivity index (χ1n) is 8.25. The average molecular weight is 443 g/mol. The number of fused-ring (bicyclic) bond motifs is 1. The summed E-state index contributed by atoms with van der Waals surface area (Å²) in [6.07, 6.45) is 3.21. The van der Waals surface area contributed by atoms with Crippen LogP contribution < -0.4 is 10.6 Å². The van der Waals surface area contributed by atoms with E-state index >= 15 is 0 Å². The molecule has 2 aromatic heterocycles. The van der Waals surface area contributed by atoms with Gasteiger partial charge in [-0.2, -0.15) is 0 Å². The van der Waals surface area contributed by atoms with Gasteiger partial charge in [0.15, 0.2) is 17.4 Å². The van der Waals surface area contributed by atoms with Crippen LogP contribution in [0.2, 0.25) is 0 Å². The molecule has 7 nitrogen and oxygen atoms in total. The van der Waals surface area contributed by atoms with Crippen LogP contribution in [-0.4, -0.2) is 58.7 Å². The zero-order valence-electron chi connectivity index (χ0n) is 14.3. The number of guanidine groups is 1. The lowest BCUT2D eigenvalue weighted by molar-refractivity contribution is 0.394. The Kier molecular flexibility index (Phi) is 7.22. The SMILES string of the molecule is CCNC(=NCc1nnc2ccccn12)NCC1CCN(C)C1.I. The number of likely N-dealkylation sites (tertiary alicyclic amines) is 1. The number of aliphatic imine (C=N–C) groups is 1. The van der Waals surface area contributed by atoms with Crippen molar-refractivity contribution in [3.8, 4) is 0 Å². The van der Waals surface area contributed by atoms with Crippen LogP contribution in [0, 0.1) is 5.92 Å². The third-order valence-electron chi connectivity index (χ3n) is 4.15. The molecule has 0 aromatic carbocycles. The summed E-state index contributed by atoms with van der Waals surface area (Å²) in [5.74, 6) is 2.38. The number of hydrogen-bond acceptors (Lipinski definition) is 4. The molecule has 24 heavy (non-hydrogen) atoms. The minimum Gasteiger partial charge on any atom is -0.357 e. The van der Waals surface area contributed by atoms with Gasteiger partial charge in [-0.1, -0.05) is 6.07 Å². The summed E-state index contributed by atoms with van der Waals surface area (Å²) in [5, 5.41) is 15.1. The van der Waals surface area contributed by atoms with Gasteiger partial charge in [0.25, 0.3) is 0 Å². The lowest BCUT2D eigenvalue weighted by Crippen LogP contribution is -2.40. The number of hydrogen-bond donors (Lipinski definition) is 2. The predicted molar refractivity (Wildman–Crippen MR) is 107 cm³/mol. The molecular formula is C16H26IN7. The first-order chi connectivity index (χ1) is 11.3. The molecular weight excluding hydrogens is 417 g/mol. The highest BCUT2D eigenvalue weighted by Crippen LogP contribution is 2.12. The van der Waals surface area contributed by atoms with E-state index in [1.807, 2.05) is 28.8 Å². The second-order valence-corrected chi connectivity index (χ2v) is 6.04. The van der Waals surface area contributed by atoms with Crippen molar-refractivity contribution >= 4 is 35.6 Å². The van der Waals surface area contributed by atoms with E-state index in [2.05, 4.69) is 44.7 Å². The van der Waals surface area contributed by atoms with Gasteiger partial charge in [0.1, 0.15) is 6.54 Å². The van der Waals surface area contributed by atoms with E-state index in [1.54, 1.807) is 0 Å². The van der Waals surface area contributed by atoms with Gasteiger partial charge in [-0.05, 0) is 45.0 Å². The Balaban J connectivity index is 0.00000208. The van der Waals surface area contributed by atoms with E-state index < -0.39 is 0 Å². The minimum atomic E-state index is 0. The van der Waals surface area contributed by atoms with Crippen LogP contribution >= 0.6 is 24.0 Å². The molecule has 2 aromatic rings. The summed E-state index contributed by atoms with van der Waals surface area (Å²) < 4.78 is 1.97. The first-order valence-corrected chi connectivity index (χ1v) is 8.25. The largest absolute Gasteiger partial charge is 0.357 e. The molecule has 0 amide bonds. The van der Waals surface area contributed by atoms with Gasteiger partial charge in [-0.25, -0.2) is 4.99 Å². The molecule has 0 bridgehead atoms. The van der Waals surface area contributed by atoms with Crippen LogP contribution in [0.1, 0.15) is 19.2 Å². The van der Waals surface area contributed by atoms with Gasteiger partial charge in [0, 0.05) is 25.8 Å². The smallest absolute Gasteiger partial charge is 0.191 e. The fourth-order valence-electron chi connectivity index (χ4n) is 2.92. The van der Waals surface area contributed by atoms with Crippen molar-refractivity contribution in [3.05, 3.63) is 30.2 Å². The normalized spacial score (nSPS) is 18.6. The maximum absolute atomic E-state index is 4.64. The summed E-state index contributed by atoms with van der Waals surface area (Å²) in [7, 11) is 2.18. The van der Waals surface area contributed by atoms with Crippen molar-refractivity contribution in [1.29, 1.82) is 0 Å². The Morgan fingerprint density at radius 3 is 2.96 bits per heavy atom. The Morgan fingerprint density at radius 2 is 2.21 bits per heavy atom. The Hall–Kier alpha value is -1.42. The fourth-order valence-corrected chi connectivity index (χ4v) is 2.92. The van der Waals surface area contributed by atoms with E-state index in [4.69, 9.17) is 0 Å². The summed E-state index contributed by atoms with van der Waals surface area (Å²) in [6, 6.07) is 5.88. The highest BCUT2D eigenvalue weighted by atomic mass is 127. The van der Waals surface area contributed by atoms with Gasteiger partial charge in [-0.3, -0.25) is 4.40 Å². The van der Waals surface area contributed by atoms with Crippen molar-refractivity contribution in [2.75, 3.05) is 33.2 Å². The van der Waals surface area contributed by atoms with Crippen molar-refractivity contribution in [3.63, 3.8) is 0 Å². The molecule has 0 radical (unpaired) electrons. The van der Waals surface area contributed by atoms with Gasteiger partial charge >= 0.3 is 0 Å². The van der Waals surface area contributed by atoms with Gasteiger partial charge in [0.2, 0.25) is 0 Å². The third kappa shape index (κ3) is 4.79. The van der Waals surface area contributed by atoms with Gasteiger partial charge in [-0.15, -0.1) is 34.2 Å². The lowest BCUT2D eigenvalue weighted by Gasteiger charge is -2.15. The molecule has 2 N–H and O–H groups in total. The average Bonchev–Trinajstić information content (AvgIpc) is 3.16. The number of pyridine rings is 1.